The Bertz CT molecular complexity index is 1010. The van der Waals surface area contributed by atoms with Crippen molar-refractivity contribution in [1.82, 2.24) is 19.6 Å². The highest BCUT2D eigenvalue weighted by atomic mass is 19.1. The second kappa shape index (κ2) is 7.99. The van der Waals surface area contributed by atoms with Crippen molar-refractivity contribution in [3.05, 3.63) is 69.5 Å². The SMILES string of the molecule is Cc1nn(Cc2ccc(F)cc2)c(C)c1NC(=O)CCn1cc([N+](=O)[O-])cn1. The molecule has 10 heteroatoms. The van der Waals surface area contributed by atoms with Gasteiger partial charge in [0.1, 0.15) is 18.2 Å². The van der Waals surface area contributed by atoms with Crippen LogP contribution in [0.5, 0.6) is 0 Å². The molecule has 0 fully saturated rings. The predicted molar refractivity (Wildman–Crippen MR) is 99.3 cm³/mol. The third-order valence-electron chi connectivity index (χ3n) is 4.29. The number of benzene rings is 1. The van der Waals surface area contributed by atoms with Crippen LogP contribution in [0, 0.1) is 29.8 Å². The van der Waals surface area contributed by atoms with E-state index in [1.54, 1.807) is 23.7 Å². The van der Waals surface area contributed by atoms with Gasteiger partial charge in [-0.05, 0) is 31.5 Å². The van der Waals surface area contributed by atoms with Gasteiger partial charge in [-0.25, -0.2) is 4.39 Å². The van der Waals surface area contributed by atoms with Crippen molar-refractivity contribution in [2.45, 2.75) is 33.4 Å². The van der Waals surface area contributed by atoms with Gasteiger partial charge in [0.25, 0.3) is 0 Å². The van der Waals surface area contributed by atoms with Crippen molar-refractivity contribution in [3.63, 3.8) is 0 Å². The first kappa shape index (κ1) is 19.2. The van der Waals surface area contributed by atoms with Crippen molar-refractivity contribution in [2.75, 3.05) is 5.32 Å². The van der Waals surface area contributed by atoms with Crippen LogP contribution in [0.1, 0.15) is 23.4 Å². The van der Waals surface area contributed by atoms with E-state index in [2.05, 4.69) is 15.5 Å². The minimum atomic E-state index is -0.536. The van der Waals surface area contributed by atoms with E-state index < -0.39 is 4.92 Å². The molecule has 146 valence electrons. The fraction of sp³-hybridized carbons (Fsp3) is 0.278. The van der Waals surface area contributed by atoms with E-state index in [4.69, 9.17) is 0 Å². The van der Waals surface area contributed by atoms with Crippen molar-refractivity contribution >= 4 is 17.3 Å². The van der Waals surface area contributed by atoms with Crippen LogP contribution in [0.25, 0.3) is 0 Å². The van der Waals surface area contributed by atoms with Gasteiger partial charge >= 0.3 is 5.69 Å². The molecular weight excluding hydrogens is 367 g/mol. The summed E-state index contributed by atoms with van der Waals surface area (Å²) in [5, 5.41) is 21.8. The monoisotopic (exact) mass is 386 g/mol. The Morgan fingerprint density at radius 1 is 1.29 bits per heavy atom. The molecule has 3 rings (SSSR count). The molecule has 1 amide bonds. The molecule has 2 heterocycles. The maximum atomic E-state index is 13.0. The molecule has 0 aliphatic rings. The average molecular weight is 386 g/mol. The van der Waals surface area contributed by atoms with Gasteiger partial charge in [0.05, 0.1) is 28.5 Å². The van der Waals surface area contributed by atoms with Crippen LogP contribution in [-0.4, -0.2) is 30.4 Å². The molecule has 0 aliphatic carbocycles. The highest BCUT2D eigenvalue weighted by molar-refractivity contribution is 5.91. The molecule has 9 nitrogen and oxygen atoms in total. The molecule has 2 aromatic heterocycles. The average Bonchev–Trinajstić information content (AvgIpc) is 3.23. The molecule has 28 heavy (non-hydrogen) atoms. The van der Waals surface area contributed by atoms with Crippen LogP contribution in [0.15, 0.2) is 36.7 Å². The fourth-order valence-corrected chi connectivity index (χ4v) is 2.78. The zero-order valence-corrected chi connectivity index (χ0v) is 15.4. The van der Waals surface area contributed by atoms with Crippen molar-refractivity contribution in [2.24, 2.45) is 0 Å². The van der Waals surface area contributed by atoms with E-state index in [0.29, 0.717) is 17.9 Å². The molecule has 0 spiro atoms. The van der Waals surface area contributed by atoms with Gasteiger partial charge in [-0.1, -0.05) is 12.1 Å². The number of rotatable bonds is 7. The van der Waals surface area contributed by atoms with Gasteiger partial charge in [-0.3, -0.25) is 24.3 Å². The summed E-state index contributed by atoms with van der Waals surface area (Å²) in [7, 11) is 0. The number of aromatic nitrogens is 4. The van der Waals surface area contributed by atoms with Crippen molar-refractivity contribution in [1.29, 1.82) is 0 Å². The Morgan fingerprint density at radius 2 is 2.00 bits per heavy atom. The molecule has 3 aromatic rings. The van der Waals surface area contributed by atoms with Gasteiger partial charge in [0, 0.05) is 13.0 Å². The lowest BCUT2D eigenvalue weighted by Crippen LogP contribution is -2.15. The zero-order valence-electron chi connectivity index (χ0n) is 15.4. The van der Waals surface area contributed by atoms with Crippen LogP contribution in [0.3, 0.4) is 0 Å². The summed E-state index contributed by atoms with van der Waals surface area (Å²) in [5.74, 6) is -0.543. The van der Waals surface area contributed by atoms with Crippen LogP contribution >= 0.6 is 0 Å². The first-order chi connectivity index (χ1) is 13.3. The lowest BCUT2D eigenvalue weighted by Gasteiger charge is -2.07. The zero-order chi connectivity index (χ0) is 20.3. The summed E-state index contributed by atoms with van der Waals surface area (Å²) < 4.78 is 16.1. The number of amides is 1. The number of nitrogens with one attached hydrogen (secondary N) is 1. The summed E-state index contributed by atoms with van der Waals surface area (Å²) in [6, 6.07) is 6.16. The van der Waals surface area contributed by atoms with Crippen LogP contribution in [-0.2, 0) is 17.9 Å². The molecular formula is C18H19FN6O3. The lowest BCUT2D eigenvalue weighted by atomic mass is 10.2. The Labute approximate surface area is 159 Å². The van der Waals surface area contributed by atoms with E-state index in [1.807, 2.05) is 6.92 Å². The molecule has 1 N–H and O–H groups in total. The molecule has 1 aromatic carbocycles. The fourth-order valence-electron chi connectivity index (χ4n) is 2.78. The van der Waals surface area contributed by atoms with Gasteiger partial charge in [0.2, 0.25) is 5.91 Å². The predicted octanol–water partition coefficient (Wildman–Crippen LogP) is 2.82. The first-order valence-corrected chi connectivity index (χ1v) is 8.58. The van der Waals surface area contributed by atoms with Crippen LogP contribution in [0.4, 0.5) is 15.8 Å². The Hall–Kier alpha value is -3.56. The standard InChI is InChI=1S/C18H19FN6O3/c1-12-18(13(2)24(22-12)10-14-3-5-15(19)6-4-14)21-17(26)7-8-23-11-16(9-20-23)25(27)28/h3-6,9,11H,7-8,10H2,1-2H3,(H,21,26). The quantitative estimate of drug-likeness (QED) is 0.496. The molecule has 0 radical (unpaired) electrons. The lowest BCUT2D eigenvalue weighted by molar-refractivity contribution is -0.385. The number of nitrogens with zero attached hydrogens (tertiary/aromatic N) is 5. The third-order valence-corrected chi connectivity index (χ3v) is 4.29. The molecule has 0 unspecified atom stereocenters. The highest BCUT2D eigenvalue weighted by Crippen LogP contribution is 2.21. The summed E-state index contributed by atoms with van der Waals surface area (Å²) in [6.07, 6.45) is 2.54. The molecule has 0 aliphatic heterocycles. The number of carbonyl (C=O) groups is 1. The van der Waals surface area contributed by atoms with Gasteiger partial charge in [-0.2, -0.15) is 10.2 Å². The minimum absolute atomic E-state index is 0.112. The number of halogens is 1. The third kappa shape index (κ3) is 4.40. The Kier molecular flexibility index (Phi) is 5.48. The second-order valence-corrected chi connectivity index (χ2v) is 6.35. The van der Waals surface area contributed by atoms with Gasteiger partial charge < -0.3 is 5.32 Å². The number of carbonyl (C=O) groups excluding carboxylic acids is 1. The maximum absolute atomic E-state index is 13.0. The van der Waals surface area contributed by atoms with Crippen LogP contribution < -0.4 is 5.32 Å². The second-order valence-electron chi connectivity index (χ2n) is 6.35. The summed E-state index contributed by atoms with van der Waals surface area (Å²) in [6.45, 7) is 4.32. The van der Waals surface area contributed by atoms with Gasteiger partial charge in [-0.15, -0.1) is 0 Å². The van der Waals surface area contributed by atoms with E-state index in [9.17, 15) is 19.3 Å². The summed E-state index contributed by atoms with van der Waals surface area (Å²) in [4.78, 5) is 22.4. The first-order valence-electron chi connectivity index (χ1n) is 8.58. The van der Waals surface area contributed by atoms with E-state index >= 15 is 0 Å². The number of hydrogen-bond acceptors (Lipinski definition) is 5. The highest BCUT2D eigenvalue weighted by Gasteiger charge is 2.15. The maximum Gasteiger partial charge on any atom is 0.306 e. The number of aryl methyl sites for hydroxylation is 2. The molecule has 0 saturated carbocycles. The largest absolute Gasteiger partial charge is 0.323 e. The number of anilines is 1. The topological polar surface area (TPSA) is 108 Å². The van der Waals surface area contributed by atoms with Crippen LogP contribution in [0.2, 0.25) is 0 Å². The van der Waals surface area contributed by atoms with E-state index in [0.717, 1.165) is 17.5 Å². The smallest absolute Gasteiger partial charge is 0.306 e. The Balaban J connectivity index is 1.63. The normalized spacial score (nSPS) is 10.8. The van der Waals surface area contributed by atoms with Gasteiger partial charge in [0.15, 0.2) is 0 Å². The molecule has 0 atom stereocenters. The molecule has 0 saturated heterocycles. The summed E-state index contributed by atoms with van der Waals surface area (Å²) >= 11 is 0. The number of hydrogen-bond donors (Lipinski definition) is 1. The number of nitro groups is 1. The van der Waals surface area contributed by atoms with E-state index in [-0.39, 0.29) is 30.4 Å². The Morgan fingerprint density at radius 3 is 2.64 bits per heavy atom. The van der Waals surface area contributed by atoms with Crippen molar-refractivity contribution < 1.29 is 14.1 Å². The van der Waals surface area contributed by atoms with E-state index in [1.165, 1.54) is 23.0 Å². The minimum Gasteiger partial charge on any atom is -0.323 e. The molecule has 0 bridgehead atoms. The summed E-state index contributed by atoms with van der Waals surface area (Å²) in [5.41, 5.74) is 2.85. The van der Waals surface area contributed by atoms with Crippen molar-refractivity contribution in [3.8, 4) is 0 Å².